The number of nitrogens with one attached hydrogen (secondary N) is 2. The minimum Gasteiger partial charge on any atom is -0.377 e. The smallest absolute Gasteiger partial charge is 0.272 e. The molecule has 0 aliphatic heterocycles. The molecule has 0 saturated carbocycles. The predicted octanol–water partition coefficient (Wildman–Crippen LogP) is 2.80. The Labute approximate surface area is 104 Å². The number of hydrogen-bond donors (Lipinski definition) is 2. The molecule has 2 N–H and O–H groups in total. The van der Waals surface area contributed by atoms with Crippen LogP contribution in [-0.4, -0.2) is 15.1 Å². The van der Waals surface area contributed by atoms with E-state index in [1.54, 1.807) is 25.3 Å². The van der Waals surface area contributed by atoms with Crippen LogP contribution in [0.25, 0.3) is 0 Å². The minimum atomic E-state index is -0.378. The molecule has 2 rings (SSSR count). The van der Waals surface area contributed by atoms with Gasteiger partial charge in [-0.15, -0.1) is 0 Å². The number of nitro benzene ring substituents is 1. The van der Waals surface area contributed by atoms with Gasteiger partial charge in [-0.05, 0) is 32.0 Å². The molecule has 0 radical (unpaired) electrons. The fourth-order valence-electron chi connectivity index (χ4n) is 1.79. The molecule has 1 aromatic carbocycles. The number of nitro groups is 1. The van der Waals surface area contributed by atoms with Crippen molar-refractivity contribution >= 4 is 11.4 Å². The second-order valence-corrected chi connectivity index (χ2v) is 4.14. The summed E-state index contributed by atoms with van der Waals surface area (Å²) in [5.74, 6) is 0. The molecular weight excluding hydrogens is 232 g/mol. The fraction of sp³-hybridized carbons (Fsp3) is 0.250. The maximum Gasteiger partial charge on any atom is 0.272 e. The second-order valence-electron chi connectivity index (χ2n) is 4.14. The van der Waals surface area contributed by atoms with Gasteiger partial charge in [0.2, 0.25) is 0 Å². The quantitative estimate of drug-likeness (QED) is 0.641. The van der Waals surface area contributed by atoms with Crippen LogP contribution in [0.3, 0.4) is 0 Å². The number of aryl methyl sites for hydroxylation is 1. The van der Waals surface area contributed by atoms with Crippen molar-refractivity contribution in [2.45, 2.75) is 19.9 Å². The van der Waals surface area contributed by atoms with E-state index >= 15 is 0 Å². The van der Waals surface area contributed by atoms with Gasteiger partial charge in [-0.2, -0.15) is 5.10 Å². The van der Waals surface area contributed by atoms with E-state index < -0.39 is 0 Å². The Hall–Kier alpha value is -2.37. The van der Waals surface area contributed by atoms with Crippen LogP contribution < -0.4 is 5.32 Å². The van der Waals surface area contributed by atoms with Crippen LogP contribution in [0, 0.1) is 17.0 Å². The average molecular weight is 246 g/mol. The van der Waals surface area contributed by atoms with Crippen molar-refractivity contribution in [1.29, 1.82) is 0 Å². The second kappa shape index (κ2) is 4.87. The number of rotatable bonds is 4. The van der Waals surface area contributed by atoms with E-state index in [-0.39, 0.29) is 16.7 Å². The summed E-state index contributed by atoms with van der Waals surface area (Å²) in [4.78, 5) is 10.3. The zero-order chi connectivity index (χ0) is 13.1. The predicted molar refractivity (Wildman–Crippen MR) is 68.5 cm³/mol. The van der Waals surface area contributed by atoms with Gasteiger partial charge in [0.05, 0.1) is 16.7 Å². The molecule has 6 heteroatoms. The van der Waals surface area contributed by atoms with Gasteiger partial charge in [-0.1, -0.05) is 0 Å². The standard InChI is InChI=1S/C12H14N4O2/c1-8-7-10(3-4-12(8)16(17)18)14-9(2)11-5-6-13-15-11/h3-7,9,14H,1-2H3,(H,13,15). The number of hydrogen-bond acceptors (Lipinski definition) is 4. The number of nitrogens with zero attached hydrogens (tertiary/aromatic N) is 2. The van der Waals surface area contributed by atoms with Crippen LogP contribution in [-0.2, 0) is 0 Å². The van der Waals surface area contributed by atoms with E-state index in [0.29, 0.717) is 5.56 Å². The normalized spacial score (nSPS) is 12.1. The summed E-state index contributed by atoms with van der Waals surface area (Å²) < 4.78 is 0. The van der Waals surface area contributed by atoms with Crippen LogP contribution in [0.5, 0.6) is 0 Å². The highest BCUT2D eigenvalue weighted by Crippen LogP contribution is 2.24. The Morgan fingerprint density at radius 3 is 2.78 bits per heavy atom. The lowest BCUT2D eigenvalue weighted by Gasteiger charge is -2.13. The van der Waals surface area contributed by atoms with Crippen molar-refractivity contribution in [3.63, 3.8) is 0 Å². The Bertz CT molecular complexity index is 551. The molecule has 1 heterocycles. The molecule has 0 aliphatic rings. The van der Waals surface area contributed by atoms with Crippen molar-refractivity contribution in [2.24, 2.45) is 0 Å². The Morgan fingerprint density at radius 2 is 2.22 bits per heavy atom. The summed E-state index contributed by atoms with van der Waals surface area (Å²) in [6.45, 7) is 3.72. The molecule has 2 aromatic rings. The first-order valence-electron chi connectivity index (χ1n) is 5.59. The number of aromatic nitrogens is 2. The first-order chi connectivity index (χ1) is 8.58. The van der Waals surface area contributed by atoms with Crippen molar-refractivity contribution < 1.29 is 4.92 Å². The third-order valence-electron chi connectivity index (χ3n) is 2.77. The van der Waals surface area contributed by atoms with E-state index in [1.165, 1.54) is 6.07 Å². The molecule has 18 heavy (non-hydrogen) atoms. The first-order valence-corrected chi connectivity index (χ1v) is 5.59. The molecular formula is C12H14N4O2. The minimum absolute atomic E-state index is 0.0633. The zero-order valence-electron chi connectivity index (χ0n) is 10.2. The molecule has 1 atom stereocenters. The van der Waals surface area contributed by atoms with E-state index in [0.717, 1.165) is 11.4 Å². The van der Waals surface area contributed by atoms with Crippen molar-refractivity contribution in [2.75, 3.05) is 5.32 Å². The van der Waals surface area contributed by atoms with Crippen LogP contribution in [0.4, 0.5) is 11.4 Å². The molecule has 0 saturated heterocycles. The Balaban J connectivity index is 2.15. The van der Waals surface area contributed by atoms with E-state index in [4.69, 9.17) is 0 Å². The average Bonchev–Trinajstić information content (AvgIpc) is 2.81. The number of H-pyrrole nitrogens is 1. The van der Waals surface area contributed by atoms with Gasteiger partial charge in [0.25, 0.3) is 5.69 Å². The van der Waals surface area contributed by atoms with Crippen molar-refractivity contribution in [3.05, 3.63) is 51.8 Å². The van der Waals surface area contributed by atoms with Gasteiger partial charge in [0.1, 0.15) is 0 Å². The highest BCUT2D eigenvalue weighted by atomic mass is 16.6. The lowest BCUT2D eigenvalue weighted by Crippen LogP contribution is -2.07. The topological polar surface area (TPSA) is 83.8 Å². The maximum absolute atomic E-state index is 10.7. The lowest BCUT2D eigenvalue weighted by atomic mass is 10.1. The molecule has 6 nitrogen and oxygen atoms in total. The third kappa shape index (κ3) is 2.48. The number of aromatic amines is 1. The third-order valence-corrected chi connectivity index (χ3v) is 2.77. The molecule has 0 aliphatic carbocycles. The lowest BCUT2D eigenvalue weighted by molar-refractivity contribution is -0.385. The van der Waals surface area contributed by atoms with E-state index in [2.05, 4.69) is 15.5 Å². The largest absolute Gasteiger partial charge is 0.377 e. The SMILES string of the molecule is Cc1cc(NC(C)c2ccn[nH]2)ccc1[N+](=O)[O-]. The summed E-state index contributed by atoms with van der Waals surface area (Å²) in [7, 11) is 0. The molecule has 1 aromatic heterocycles. The van der Waals surface area contributed by atoms with Gasteiger partial charge in [-0.25, -0.2) is 0 Å². The van der Waals surface area contributed by atoms with Gasteiger partial charge < -0.3 is 5.32 Å². The molecule has 0 bridgehead atoms. The summed E-state index contributed by atoms with van der Waals surface area (Å²) in [5, 5.41) is 20.7. The van der Waals surface area contributed by atoms with Crippen LogP contribution in [0.2, 0.25) is 0 Å². The first kappa shape index (κ1) is 12.1. The molecule has 0 amide bonds. The van der Waals surface area contributed by atoms with Gasteiger partial charge in [0, 0.05) is 23.5 Å². The number of benzene rings is 1. The molecule has 0 spiro atoms. The Kier molecular flexibility index (Phi) is 3.27. The molecule has 94 valence electrons. The highest BCUT2D eigenvalue weighted by Gasteiger charge is 2.12. The van der Waals surface area contributed by atoms with Gasteiger partial charge in [0.15, 0.2) is 0 Å². The molecule has 1 unspecified atom stereocenters. The summed E-state index contributed by atoms with van der Waals surface area (Å²) >= 11 is 0. The monoisotopic (exact) mass is 246 g/mol. The highest BCUT2D eigenvalue weighted by molar-refractivity contribution is 5.54. The fourth-order valence-corrected chi connectivity index (χ4v) is 1.79. The van der Waals surface area contributed by atoms with E-state index in [1.807, 2.05) is 13.0 Å². The zero-order valence-corrected chi connectivity index (χ0v) is 10.2. The van der Waals surface area contributed by atoms with Crippen LogP contribution in [0.1, 0.15) is 24.2 Å². The number of anilines is 1. The summed E-state index contributed by atoms with van der Waals surface area (Å²) in [6.07, 6.45) is 1.69. The van der Waals surface area contributed by atoms with Crippen molar-refractivity contribution in [1.82, 2.24) is 10.2 Å². The molecule has 0 fully saturated rings. The maximum atomic E-state index is 10.7. The van der Waals surface area contributed by atoms with Gasteiger partial charge in [-0.3, -0.25) is 15.2 Å². The van der Waals surface area contributed by atoms with Crippen molar-refractivity contribution in [3.8, 4) is 0 Å². The van der Waals surface area contributed by atoms with E-state index in [9.17, 15) is 10.1 Å². The summed E-state index contributed by atoms with van der Waals surface area (Å²) in [6, 6.07) is 6.93. The van der Waals surface area contributed by atoms with Crippen LogP contribution in [0.15, 0.2) is 30.5 Å². The Morgan fingerprint density at radius 1 is 1.44 bits per heavy atom. The van der Waals surface area contributed by atoms with Gasteiger partial charge >= 0.3 is 0 Å². The van der Waals surface area contributed by atoms with Crippen LogP contribution >= 0.6 is 0 Å². The summed E-state index contributed by atoms with van der Waals surface area (Å²) in [5.41, 5.74) is 2.59.